The maximum absolute atomic E-state index is 13.0. The van der Waals surface area contributed by atoms with Crippen LogP contribution in [0.1, 0.15) is 33.6 Å². The molecule has 164 valence electrons. The Bertz CT molecular complexity index is 672. The lowest BCUT2D eigenvalue weighted by atomic mass is 9.81. The highest BCUT2D eigenvalue weighted by molar-refractivity contribution is 5.83. The smallest absolute Gasteiger partial charge is 0.469 e. The van der Waals surface area contributed by atoms with Gasteiger partial charge >= 0.3 is 24.1 Å². The Morgan fingerprint density at radius 1 is 1.07 bits per heavy atom. The molecular weight excluding hydrogens is 393 g/mol. The molecule has 2 amide bonds. The van der Waals surface area contributed by atoms with Crippen molar-refractivity contribution in [2.45, 2.75) is 51.4 Å². The number of piperidine rings is 1. The van der Waals surface area contributed by atoms with Gasteiger partial charge in [-0.05, 0) is 39.5 Å². The van der Waals surface area contributed by atoms with Gasteiger partial charge in [-0.2, -0.15) is 13.2 Å². The van der Waals surface area contributed by atoms with Crippen molar-refractivity contribution in [3.63, 3.8) is 0 Å². The Morgan fingerprint density at radius 3 is 2.28 bits per heavy atom. The molecule has 2 rings (SSSR count). The average Bonchev–Trinajstić information content (AvgIpc) is 2.64. The molecule has 0 bridgehead atoms. The van der Waals surface area contributed by atoms with Crippen LogP contribution >= 0.6 is 0 Å². The molecule has 0 aromatic carbocycles. The van der Waals surface area contributed by atoms with E-state index in [1.54, 1.807) is 26.8 Å². The molecule has 2 aliphatic rings. The molecule has 29 heavy (non-hydrogen) atoms. The van der Waals surface area contributed by atoms with Crippen molar-refractivity contribution < 1.29 is 37.0 Å². The van der Waals surface area contributed by atoms with Crippen molar-refractivity contribution in [2.75, 3.05) is 26.7 Å². The van der Waals surface area contributed by atoms with E-state index >= 15 is 0 Å². The fourth-order valence-electron chi connectivity index (χ4n) is 3.76. The van der Waals surface area contributed by atoms with E-state index in [1.807, 2.05) is 6.08 Å². The summed E-state index contributed by atoms with van der Waals surface area (Å²) in [4.78, 5) is 38.6. The van der Waals surface area contributed by atoms with Crippen molar-refractivity contribution >= 4 is 18.0 Å². The van der Waals surface area contributed by atoms with Crippen molar-refractivity contribution in [2.24, 2.45) is 11.8 Å². The minimum absolute atomic E-state index is 0.205. The van der Waals surface area contributed by atoms with E-state index in [0.29, 0.717) is 11.3 Å². The molecule has 1 fully saturated rings. The molecule has 0 saturated carbocycles. The van der Waals surface area contributed by atoms with Crippen LogP contribution in [0.25, 0.3) is 0 Å². The van der Waals surface area contributed by atoms with Gasteiger partial charge in [0.25, 0.3) is 0 Å². The molecule has 0 radical (unpaired) electrons. The third-order valence-electron chi connectivity index (χ3n) is 4.97. The van der Waals surface area contributed by atoms with Crippen LogP contribution in [0.2, 0.25) is 0 Å². The fourth-order valence-corrected chi connectivity index (χ4v) is 3.76. The lowest BCUT2D eigenvalue weighted by molar-refractivity contribution is -0.189. The summed E-state index contributed by atoms with van der Waals surface area (Å²) < 4.78 is 49.1. The highest BCUT2D eigenvalue weighted by Gasteiger charge is 2.48. The van der Waals surface area contributed by atoms with Gasteiger partial charge < -0.3 is 19.3 Å². The standard InChI is InChI=1S/C19H27F3N2O5/c1-18(2,3)29-17(27)24-8-6-5-7-14(24)12-9-13(15(25)28-4)11-23(10-12)16(26)19(20,21)22/h5-6,12-14H,7-11H2,1-4H3/t12-,13?,14+/m0/s1. The first-order valence-corrected chi connectivity index (χ1v) is 9.42. The minimum atomic E-state index is -5.04. The minimum Gasteiger partial charge on any atom is -0.469 e. The van der Waals surface area contributed by atoms with E-state index in [-0.39, 0.29) is 26.1 Å². The SMILES string of the molecule is COC(=O)C1C[C@H]([C@H]2CC=CCN2C(=O)OC(C)(C)C)CN(C(=O)C(F)(F)F)C1. The Labute approximate surface area is 167 Å². The van der Waals surface area contributed by atoms with Crippen LogP contribution in [0.5, 0.6) is 0 Å². The molecule has 0 spiro atoms. The zero-order chi connectivity index (χ0) is 22.0. The summed E-state index contributed by atoms with van der Waals surface area (Å²) in [5.74, 6) is -4.09. The number of amides is 2. The van der Waals surface area contributed by atoms with E-state index in [0.717, 1.165) is 7.11 Å². The summed E-state index contributed by atoms with van der Waals surface area (Å²) >= 11 is 0. The van der Waals surface area contributed by atoms with E-state index in [1.165, 1.54) is 4.90 Å². The number of ether oxygens (including phenoxy) is 2. The van der Waals surface area contributed by atoms with Crippen LogP contribution in [0.15, 0.2) is 12.2 Å². The number of halogens is 3. The molecule has 0 N–H and O–H groups in total. The number of hydrogen-bond acceptors (Lipinski definition) is 5. The summed E-state index contributed by atoms with van der Waals surface area (Å²) in [6.45, 7) is 4.83. The first-order chi connectivity index (χ1) is 13.3. The predicted octanol–water partition coefficient (Wildman–Crippen LogP) is 2.75. The maximum atomic E-state index is 13.0. The summed E-state index contributed by atoms with van der Waals surface area (Å²) in [7, 11) is 1.15. The van der Waals surface area contributed by atoms with Gasteiger partial charge in [-0.25, -0.2) is 4.79 Å². The van der Waals surface area contributed by atoms with Gasteiger partial charge in [0.2, 0.25) is 0 Å². The fraction of sp³-hybridized carbons (Fsp3) is 0.737. The number of likely N-dealkylation sites (tertiary alicyclic amines) is 1. The van der Waals surface area contributed by atoms with E-state index in [4.69, 9.17) is 9.47 Å². The number of esters is 1. The van der Waals surface area contributed by atoms with Crippen LogP contribution in [-0.4, -0.2) is 72.3 Å². The van der Waals surface area contributed by atoms with E-state index in [2.05, 4.69) is 0 Å². The molecule has 2 aliphatic heterocycles. The Kier molecular flexibility index (Phi) is 6.85. The van der Waals surface area contributed by atoms with Gasteiger partial charge in [0.05, 0.1) is 13.0 Å². The molecule has 10 heteroatoms. The quantitative estimate of drug-likeness (QED) is 0.507. The molecule has 1 saturated heterocycles. The highest BCUT2D eigenvalue weighted by Crippen LogP contribution is 2.33. The van der Waals surface area contributed by atoms with Crippen molar-refractivity contribution in [1.82, 2.24) is 9.80 Å². The second-order valence-electron chi connectivity index (χ2n) is 8.33. The largest absolute Gasteiger partial charge is 0.471 e. The van der Waals surface area contributed by atoms with Gasteiger partial charge in [0, 0.05) is 25.7 Å². The number of methoxy groups -OCH3 is 1. The second-order valence-corrected chi connectivity index (χ2v) is 8.33. The maximum Gasteiger partial charge on any atom is 0.471 e. The first kappa shape index (κ1) is 23.0. The summed E-state index contributed by atoms with van der Waals surface area (Å²) in [5, 5.41) is 0. The van der Waals surface area contributed by atoms with Crippen molar-refractivity contribution in [1.29, 1.82) is 0 Å². The van der Waals surface area contributed by atoms with Gasteiger partial charge in [-0.15, -0.1) is 0 Å². The number of carbonyl (C=O) groups excluding carboxylic acids is 3. The highest BCUT2D eigenvalue weighted by atomic mass is 19.4. The van der Waals surface area contributed by atoms with Crippen LogP contribution in [0.3, 0.4) is 0 Å². The molecule has 0 aromatic rings. The van der Waals surface area contributed by atoms with Crippen LogP contribution < -0.4 is 0 Å². The number of alkyl halides is 3. The van der Waals surface area contributed by atoms with Crippen LogP contribution in [-0.2, 0) is 19.1 Å². The normalized spacial score (nSPS) is 25.6. The van der Waals surface area contributed by atoms with E-state index in [9.17, 15) is 27.6 Å². The van der Waals surface area contributed by atoms with Gasteiger partial charge in [-0.3, -0.25) is 9.59 Å². The predicted molar refractivity (Wildman–Crippen MR) is 96.7 cm³/mol. The molecule has 3 atom stereocenters. The van der Waals surface area contributed by atoms with Crippen molar-refractivity contribution in [3.05, 3.63) is 12.2 Å². The van der Waals surface area contributed by atoms with Crippen molar-refractivity contribution in [3.8, 4) is 0 Å². The number of hydrogen-bond donors (Lipinski definition) is 0. The third-order valence-corrected chi connectivity index (χ3v) is 4.97. The molecule has 7 nitrogen and oxygen atoms in total. The van der Waals surface area contributed by atoms with Crippen LogP contribution in [0, 0.1) is 11.8 Å². The number of rotatable bonds is 2. The topological polar surface area (TPSA) is 76.2 Å². The molecule has 0 aliphatic carbocycles. The first-order valence-electron chi connectivity index (χ1n) is 9.42. The molecule has 2 heterocycles. The molecule has 0 aromatic heterocycles. The Balaban J connectivity index is 2.28. The van der Waals surface area contributed by atoms with E-state index < -0.39 is 47.6 Å². The monoisotopic (exact) mass is 420 g/mol. The zero-order valence-corrected chi connectivity index (χ0v) is 17.0. The number of nitrogens with zero attached hydrogens (tertiary/aromatic N) is 2. The lowest BCUT2D eigenvalue weighted by Crippen LogP contribution is -2.57. The van der Waals surface area contributed by atoms with Crippen LogP contribution in [0.4, 0.5) is 18.0 Å². The second kappa shape index (κ2) is 8.62. The summed E-state index contributed by atoms with van der Waals surface area (Å²) in [6.07, 6.45) is -1.40. The Hall–Kier alpha value is -2.26. The Morgan fingerprint density at radius 2 is 1.72 bits per heavy atom. The summed E-state index contributed by atoms with van der Waals surface area (Å²) in [5.41, 5.74) is -0.734. The molecule has 1 unspecified atom stereocenters. The van der Waals surface area contributed by atoms with Gasteiger partial charge in [-0.1, -0.05) is 12.2 Å². The average molecular weight is 420 g/mol. The summed E-state index contributed by atoms with van der Waals surface area (Å²) in [6, 6.07) is -0.495. The molecular formula is C19H27F3N2O5. The van der Waals surface area contributed by atoms with Gasteiger partial charge in [0.15, 0.2) is 0 Å². The zero-order valence-electron chi connectivity index (χ0n) is 17.0. The number of carbonyl (C=O) groups is 3. The third kappa shape index (κ3) is 5.86. The van der Waals surface area contributed by atoms with Gasteiger partial charge in [0.1, 0.15) is 5.60 Å². The lowest BCUT2D eigenvalue weighted by Gasteiger charge is -2.44.